The minimum absolute atomic E-state index is 0.118. The second-order valence-electron chi connectivity index (χ2n) is 6.78. The number of amides is 1. The van der Waals surface area contributed by atoms with Crippen LogP contribution in [0.5, 0.6) is 5.75 Å². The van der Waals surface area contributed by atoms with Gasteiger partial charge in [0.25, 0.3) is 5.91 Å². The number of carbonyl (C=O) groups is 1. The molecule has 0 bridgehead atoms. The number of ether oxygens (including phenoxy) is 1. The van der Waals surface area contributed by atoms with Crippen LogP contribution in [0.15, 0.2) is 60.7 Å². The van der Waals surface area contributed by atoms with Gasteiger partial charge in [0, 0.05) is 22.9 Å². The maximum absolute atomic E-state index is 12.2. The van der Waals surface area contributed by atoms with Gasteiger partial charge in [-0.3, -0.25) is 4.79 Å². The van der Waals surface area contributed by atoms with Crippen LogP contribution in [0.25, 0.3) is 0 Å². The van der Waals surface area contributed by atoms with Crippen LogP contribution in [0.2, 0.25) is 10.0 Å². The van der Waals surface area contributed by atoms with Crippen molar-refractivity contribution >= 4 is 40.5 Å². The van der Waals surface area contributed by atoms with Crippen LogP contribution in [-0.4, -0.2) is 12.5 Å². The first-order valence-electron chi connectivity index (χ1n) is 9.18. The van der Waals surface area contributed by atoms with E-state index in [4.69, 9.17) is 27.9 Å². The Bertz CT molecular complexity index is 1020. The van der Waals surface area contributed by atoms with Crippen LogP contribution < -0.4 is 15.4 Å². The summed E-state index contributed by atoms with van der Waals surface area (Å²) in [6.07, 6.45) is 0. The summed E-state index contributed by atoms with van der Waals surface area (Å²) in [5.74, 6) is 0.230. The number of carbonyl (C=O) groups excluding carboxylic acids is 1. The van der Waals surface area contributed by atoms with Gasteiger partial charge < -0.3 is 15.4 Å². The topological polar surface area (TPSA) is 50.4 Å². The highest BCUT2D eigenvalue weighted by Crippen LogP contribution is 2.26. The quantitative estimate of drug-likeness (QED) is 0.468. The summed E-state index contributed by atoms with van der Waals surface area (Å²) in [7, 11) is 0. The van der Waals surface area contributed by atoms with Gasteiger partial charge in [0.1, 0.15) is 5.75 Å². The predicted molar refractivity (Wildman–Crippen MR) is 120 cm³/mol. The summed E-state index contributed by atoms with van der Waals surface area (Å²) in [5, 5.41) is 7.27. The average Bonchev–Trinajstić information content (AvgIpc) is 2.68. The first-order valence-corrected chi connectivity index (χ1v) is 9.94. The van der Waals surface area contributed by atoms with Gasteiger partial charge in [-0.1, -0.05) is 53.0 Å². The molecule has 0 aliphatic rings. The Labute approximate surface area is 180 Å². The van der Waals surface area contributed by atoms with E-state index in [-0.39, 0.29) is 12.5 Å². The third kappa shape index (κ3) is 6.14. The SMILES string of the molecule is Cc1ccc(NC(=O)COc2ccc(CNc3cccc(Cl)c3)cc2Cl)c(C)c1. The van der Waals surface area contributed by atoms with Crippen LogP contribution >= 0.6 is 23.2 Å². The van der Waals surface area contributed by atoms with Crippen LogP contribution in [0.3, 0.4) is 0 Å². The number of benzene rings is 3. The Balaban J connectivity index is 1.54. The van der Waals surface area contributed by atoms with E-state index in [9.17, 15) is 4.79 Å². The largest absolute Gasteiger partial charge is 0.482 e. The second kappa shape index (κ2) is 9.68. The molecule has 0 radical (unpaired) electrons. The zero-order valence-corrected chi connectivity index (χ0v) is 17.8. The molecule has 0 spiro atoms. The lowest BCUT2D eigenvalue weighted by molar-refractivity contribution is -0.118. The van der Waals surface area contributed by atoms with Crippen molar-refractivity contribution in [2.45, 2.75) is 20.4 Å². The van der Waals surface area contributed by atoms with Crippen LogP contribution in [0.4, 0.5) is 11.4 Å². The van der Waals surface area contributed by atoms with E-state index in [2.05, 4.69) is 10.6 Å². The number of halogens is 2. The molecular weight excluding hydrogens is 407 g/mol. The molecule has 3 aromatic rings. The normalized spacial score (nSPS) is 10.5. The fraction of sp³-hybridized carbons (Fsp3) is 0.174. The molecule has 1 amide bonds. The molecule has 150 valence electrons. The van der Waals surface area contributed by atoms with Crippen molar-refractivity contribution in [3.05, 3.63) is 87.4 Å². The number of rotatable bonds is 7. The Morgan fingerprint density at radius 2 is 1.83 bits per heavy atom. The van der Waals surface area contributed by atoms with Crippen molar-refractivity contribution < 1.29 is 9.53 Å². The number of hydrogen-bond acceptors (Lipinski definition) is 3. The molecule has 29 heavy (non-hydrogen) atoms. The Kier molecular flexibility index (Phi) is 7.02. The Hall–Kier alpha value is -2.69. The molecule has 0 heterocycles. The summed E-state index contributed by atoms with van der Waals surface area (Å²) in [6, 6.07) is 18.9. The van der Waals surface area contributed by atoms with Gasteiger partial charge >= 0.3 is 0 Å². The van der Waals surface area contributed by atoms with E-state index in [1.54, 1.807) is 6.07 Å². The molecule has 0 aliphatic carbocycles. The van der Waals surface area contributed by atoms with E-state index < -0.39 is 0 Å². The first-order chi connectivity index (χ1) is 13.9. The summed E-state index contributed by atoms with van der Waals surface area (Å²) >= 11 is 12.3. The summed E-state index contributed by atoms with van der Waals surface area (Å²) in [5.41, 5.74) is 4.85. The van der Waals surface area contributed by atoms with Gasteiger partial charge in [-0.2, -0.15) is 0 Å². The van der Waals surface area contributed by atoms with Crippen molar-refractivity contribution in [2.75, 3.05) is 17.2 Å². The van der Waals surface area contributed by atoms with E-state index in [0.717, 1.165) is 28.1 Å². The molecule has 0 saturated heterocycles. The molecule has 3 aromatic carbocycles. The summed E-state index contributed by atoms with van der Waals surface area (Å²) in [4.78, 5) is 12.2. The minimum Gasteiger partial charge on any atom is -0.482 e. The van der Waals surface area contributed by atoms with Crippen molar-refractivity contribution in [1.29, 1.82) is 0 Å². The highest BCUT2D eigenvalue weighted by molar-refractivity contribution is 6.32. The standard InChI is InChI=1S/C23H22Cl2N2O2/c1-15-6-8-21(16(2)10-15)27-23(28)14-29-22-9-7-17(11-20(22)25)13-26-19-5-3-4-18(24)12-19/h3-12,26H,13-14H2,1-2H3,(H,27,28). The smallest absolute Gasteiger partial charge is 0.262 e. The Morgan fingerprint density at radius 3 is 2.55 bits per heavy atom. The number of hydrogen-bond donors (Lipinski definition) is 2. The van der Waals surface area contributed by atoms with Gasteiger partial charge in [-0.05, 0) is 61.4 Å². The first kappa shape index (κ1) is 21.0. The van der Waals surface area contributed by atoms with E-state index in [0.29, 0.717) is 22.3 Å². The third-order valence-corrected chi connectivity index (χ3v) is 4.86. The van der Waals surface area contributed by atoms with Crippen LogP contribution in [-0.2, 0) is 11.3 Å². The van der Waals surface area contributed by atoms with Crippen molar-refractivity contribution in [1.82, 2.24) is 0 Å². The molecule has 0 atom stereocenters. The summed E-state index contributed by atoms with van der Waals surface area (Å²) < 4.78 is 5.59. The Morgan fingerprint density at radius 1 is 1.00 bits per heavy atom. The van der Waals surface area contributed by atoms with Crippen LogP contribution in [0, 0.1) is 13.8 Å². The van der Waals surface area contributed by atoms with E-state index in [1.165, 1.54) is 0 Å². The van der Waals surface area contributed by atoms with Crippen molar-refractivity contribution in [3.8, 4) is 5.75 Å². The lowest BCUT2D eigenvalue weighted by Gasteiger charge is -2.12. The molecule has 3 rings (SSSR count). The lowest BCUT2D eigenvalue weighted by atomic mass is 10.1. The zero-order chi connectivity index (χ0) is 20.8. The average molecular weight is 429 g/mol. The number of nitrogens with one attached hydrogen (secondary N) is 2. The monoisotopic (exact) mass is 428 g/mol. The molecule has 0 aliphatic heterocycles. The van der Waals surface area contributed by atoms with Gasteiger partial charge in [0.15, 0.2) is 6.61 Å². The summed E-state index contributed by atoms with van der Waals surface area (Å²) in [6.45, 7) is 4.44. The number of anilines is 2. The fourth-order valence-electron chi connectivity index (χ4n) is 2.86. The maximum Gasteiger partial charge on any atom is 0.262 e. The van der Waals surface area contributed by atoms with Crippen molar-refractivity contribution in [3.63, 3.8) is 0 Å². The van der Waals surface area contributed by atoms with Crippen LogP contribution in [0.1, 0.15) is 16.7 Å². The highest BCUT2D eigenvalue weighted by Gasteiger charge is 2.09. The minimum atomic E-state index is -0.236. The highest BCUT2D eigenvalue weighted by atomic mass is 35.5. The molecule has 0 aromatic heterocycles. The van der Waals surface area contributed by atoms with Gasteiger partial charge in [0.05, 0.1) is 5.02 Å². The molecule has 6 heteroatoms. The lowest BCUT2D eigenvalue weighted by Crippen LogP contribution is -2.20. The van der Waals surface area contributed by atoms with Gasteiger partial charge in [-0.25, -0.2) is 0 Å². The third-order valence-electron chi connectivity index (χ3n) is 4.33. The zero-order valence-electron chi connectivity index (χ0n) is 16.3. The molecule has 2 N–H and O–H groups in total. The van der Waals surface area contributed by atoms with E-state index >= 15 is 0 Å². The fourth-order valence-corrected chi connectivity index (χ4v) is 3.31. The van der Waals surface area contributed by atoms with Crippen molar-refractivity contribution in [2.24, 2.45) is 0 Å². The van der Waals surface area contributed by atoms with Gasteiger partial charge in [0.2, 0.25) is 0 Å². The molecule has 0 saturated carbocycles. The van der Waals surface area contributed by atoms with Gasteiger partial charge in [-0.15, -0.1) is 0 Å². The molecule has 0 unspecified atom stereocenters. The maximum atomic E-state index is 12.2. The molecule has 4 nitrogen and oxygen atoms in total. The molecule has 0 fully saturated rings. The van der Waals surface area contributed by atoms with E-state index in [1.807, 2.05) is 68.4 Å². The second-order valence-corrected chi connectivity index (χ2v) is 7.63. The number of aryl methyl sites for hydroxylation is 2. The molecular formula is C23H22Cl2N2O2. The predicted octanol–water partition coefficient (Wildman–Crippen LogP) is 6.24.